The summed E-state index contributed by atoms with van der Waals surface area (Å²) in [7, 11) is -9.25. The minimum atomic E-state index is -5.07. The van der Waals surface area contributed by atoms with Crippen molar-refractivity contribution in [2.45, 2.75) is 50.7 Å². The molecule has 1 aromatic carbocycles. The van der Waals surface area contributed by atoms with E-state index in [0.29, 0.717) is 11.2 Å². The van der Waals surface area contributed by atoms with E-state index < -0.39 is 73.9 Å². The second kappa shape index (κ2) is 12.5. The van der Waals surface area contributed by atoms with Gasteiger partial charge in [0.15, 0.2) is 11.4 Å². The third-order valence-corrected chi connectivity index (χ3v) is 11.4. The Labute approximate surface area is 252 Å². The molecule has 0 amide bonds. The van der Waals surface area contributed by atoms with E-state index in [0.717, 1.165) is 28.6 Å². The van der Waals surface area contributed by atoms with Gasteiger partial charge in [0.05, 0.1) is 10.4 Å². The summed E-state index contributed by atoms with van der Waals surface area (Å²) in [5.74, 6) is -2.60. The SMILES string of the molecule is CC(C)CN(C[C@@]1(c2ccc(C(C)(O)C(F)(F)F)cc2)CN(S(=O)(=O)C2=CC=CCC2=S)CCN1)S(=O)(=O)CC(F)(F)F. The van der Waals surface area contributed by atoms with Crippen LogP contribution in [-0.4, -0.2) is 86.2 Å². The van der Waals surface area contributed by atoms with Crippen molar-refractivity contribution in [3.05, 3.63) is 58.5 Å². The summed E-state index contributed by atoms with van der Waals surface area (Å²) >= 11 is 5.24. The first-order valence-corrected chi connectivity index (χ1v) is 16.6. The molecule has 1 aromatic rings. The maximum atomic E-state index is 13.7. The fourth-order valence-corrected chi connectivity index (χ4v) is 8.55. The predicted molar refractivity (Wildman–Crippen MR) is 153 cm³/mol. The Hall–Kier alpha value is -1.89. The van der Waals surface area contributed by atoms with E-state index in [9.17, 15) is 48.3 Å². The molecule has 3 rings (SSSR count). The van der Waals surface area contributed by atoms with Crippen molar-refractivity contribution >= 4 is 37.1 Å². The number of piperazine rings is 1. The highest BCUT2D eigenvalue weighted by Crippen LogP contribution is 2.40. The molecule has 242 valence electrons. The summed E-state index contributed by atoms with van der Waals surface area (Å²) in [6.45, 7) is 2.04. The topological polar surface area (TPSA) is 107 Å². The van der Waals surface area contributed by atoms with Gasteiger partial charge in [-0.3, -0.25) is 0 Å². The number of hydrogen-bond donors (Lipinski definition) is 2. The van der Waals surface area contributed by atoms with E-state index in [1.807, 2.05) is 0 Å². The first-order chi connectivity index (χ1) is 19.5. The van der Waals surface area contributed by atoms with Gasteiger partial charge in [-0.05, 0) is 30.0 Å². The molecule has 1 saturated heterocycles. The van der Waals surface area contributed by atoms with Crippen molar-refractivity contribution in [1.29, 1.82) is 0 Å². The van der Waals surface area contributed by atoms with Crippen LogP contribution in [-0.2, 0) is 31.2 Å². The lowest BCUT2D eigenvalue weighted by Crippen LogP contribution is -2.64. The van der Waals surface area contributed by atoms with Gasteiger partial charge in [-0.15, -0.1) is 0 Å². The monoisotopic (exact) mass is 677 g/mol. The minimum Gasteiger partial charge on any atom is -0.376 e. The Morgan fingerprint density at radius 2 is 1.70 bits per heavy atom. The van der Waals surface area contributed by atoms with E-state index >= 15 is 0 Å². The predicted octanol–water partition coefficient (Wildman–Crippen LogP) is 3.95. The molecule has 0 saturated carbocycles. The van der Waals surface area contributed by atoms with Gasteiger partial charge in [-0.25, -0.2) is 16.8 Å². The van der Waals surface area contributed by atoms with Gasteiger partial charge >= 0.3 is 12.4 Å². The van der Waals surface area contributed by atoms with Gasteiger partial charge in [0.25, 0.3) is 0 Å². The molecule has 1 fully saturated rings. The Bertz CT molecular complexity index is 1470. The molecule has 2 atom stereocenters. The Kier molecular flexibility index (Phi) is 10.3. The lowest BCUT2D eigenvalue weighted by molar-refractivity contribution is -0.258. The van der Waals surface area contributed by atoms with Crippen molar-refractivity contribution in [3.63, 3.8) is 0 Å². The van der Waals surface area contributed by atoms with Crippen LogP contribution in [0.3, 0.4) is 0 Å². The number of alkyl halides is 6. The van der Waals surface area contributed by atoms with Gasteiger partial charge in [0.2, 0.25) is 20.0 Å². The summed E-state index contributed by atoms with van der Waals surface area (Å²) in [4.78, 5) is -0.0133. The summed E-state index contributed by atoms with van der Waals surface area (Å²) in [6, 6.07) is 4.24. The van der Waals surface area contributed by atoms with Gasteiger partial charge in [-0.1, -0.05) is 62.5 Å². The van der Waals surface area contributed by atoms with Gasteiger partial charge in [0.1, 0.15) is 0 Å². The zero-order chi connectivity index (χ0) is 32.6. The fraction of sp³-hybridized carbons (Fsp3) is 0.577. The Balaban J connectivity index is 2.16. The summed E-state index contributed by atoms with van der Waals surface area (Å²) in [5, 5.41) is 13.2. The number of benzene rings is 1. The first-order valence-electron chi connectivity index (χ1n) is 13.1. The van der Waals surface area contributed by atoms with Crippen LogP contribution in [0.5, 0.6) is 0 Å². The second-order valence-electron chi connectivity index (χ2n) is 11.1. The van der Waals surface area contributed by atoms with Crippen molar-refractivity contribution in [2.75, 3.05) is 38.5 Å². The fourth-order valence-electron chi connectivity index (χ4n) is 4.90. The highest BCUT2D eigenvalue weighted by Gasteiger charge is 2.52. The highest BCUT2D eigenvalue weighted by atomic mass is 32.2. The van der Waals surface area contributed by atoms with Crippen LogP contribution in [0.25, 0.3) is 0 Å². The lowest BCUT2D eigenvalue weighted by Gasteiger charge is -2.46. The summed E-state index contributed by atoms with van der Waals surface area (Å²) < 4.78 is 135. The number of nitrogens with one attached hydrogen (secondary N) is 1. The molecule has 43 heavy (non-hydrogen) atoms. The molecule has 8 nitrogen and oxygen atoms in total. The number of aliphatic hydroxyl groups is 1. The van der Waals surface area contributed by atoms with Crippen molar-refractivity contribution in [1.82, 2.24) is 13.9 Å². The van der Waals surface area contributed by atoms with Crippen molar-refractivity contribution in [2.24, 2.45) is 5.92 Å². The summed E-state index contributed by atoms with van der Waals surface area (Å²) in [6.07, 6.45) is -5.43. The van der Waals surface area contributed by atoms with Gasteiger partial charge in [-0.2, -0.15) is 35.0 Å². The minimum absolute atomic E-state index is 0.0774. The Morgan fingerprint density at radius 1 is 1.09 bits per heavy atom. The maximum Gasteiger partial charge on any atom is 0.421 e. The third kappa shape index (κ3) is 8.04. The molecule has 0 radical (unpaired) electrons. The standard InChI is InChI=1S/C26H33F6N3O5S3/c1-18(2)14-35(42(37,38)17-25(27,28)29)16-24(20-10-8-19(9-11-20)23(3,36)26(30,31)32)15-34(13-12-33-24)43(39,40)22-7-5-4-6-21(22)41/h4-5,7-11,18,33,36H,6,12-17H2,1-3H3/t23?,24-/m1/s1. The molecule has 2 aliphatic rings. The number of nitrogens with zero attached hydrogens (tertiary/aromatic N) is 2. The molecule has 0 spiro atoms. The first kappa shape index (κ1) is 35.6. The second-order valence-corrected chi connectivity index (χ2v) is 15.5. The molecule has 1 heterocycles. The largest absolute Gasteiger partial charge is 0.421 e. The van der Waals surface area contributed by atoms with Crippen LogP contribution < -0.4 is 5.32 Å². The number of halogens is 6. The number of rotatable bonds is 10. The zero-order valence-corrected chi connectivity index (χ0v) is 26.0. The van der Waals surface area contributed by atoms with E-state index in [2.05, 4.69) is 5.32 Å². The van der Waals surface area contributed by atoms with Crippen LogP contribution in [0.2, 0.25) is 0 Å². The third-order valence-electron chi connectivity index (χ3n) is 7.16. The van der Waals surface area contributed by atoms with Crippen molar-refractivity contribution in [3.8, 4) is 0 Å². The maximum absolute atomic E-state index is 13.7. The zero-order valence-electron chi connectivity index (χ0n) is 23.5. The van der Waals surface area contributed by atoms with E-state index in [-0.39, 0.29) is 41.4 Å². The van der Waals surface area contributed by atoms with Crippen LogP contribution in [0, 0.1) is 5.92 Å². The lowest BCUT2D eigenvalue weighted by atomic mass is 9.85. The molecule has 2 N–H and O–H groups in total. The molecule has 0 bridgehead atoms. The molecular formula is C26H33F6N3O5S3. The normalized spacial score (nSPS) is 22.6. The molecule has 0 aromatic heterocycles. The van der Waals surface area contributed by atoms with Crippen molar-refractivity contribution < 1.29 is 48.3 Å². The number of hydrogen-bond acceptors (Lipinski definition) is 7. The average molecular weight is 678 g/mol. The number of thiocarbonyl (C=S) groups is 1. The summed E-state index contributed by atoms with van der Waals surface area (Å²) in [5.41, 5.74) is -5.39. The van der Waals surface area contributed by atoms with E-state index in [1.54, 1.807) is 19.9 Å². The average Bonchev–Trinajstić information content (AvgIpc) is 2.86. The molecule has 17 heteroatoms. The van der Waals surface area contributed by atoms with E-state index in [1.165, 1.54) is 12.2 Å². The molecule has 1 unspecified atom stereocenters. The van der Waals surface area contributed by atoms with E-state index in [4.69, 9.17) is 12.2 Å². The van der Waals surface area contributed by atoms with Gasteiger partial charge < -0.3 is 10.4 Å². The highest BCUT2D eigenvalue weighted by molar-refractivity contribution is 7.96. The molecular weight excluding hydrogens is 644 g/mol. The van der Waals surface area contributed by atoms with Crippen LogP contribution in [0.15, 0.2) is 47.4 Å². The van der Waals surface area contributed by atoms with Gasteiger partial charge in [0, 0.05) is 44.0 Å². The molecule has 1 aliphatic carbocycles. The van der Waals surface area contributed by atoms with Crippen LogP contribution >= 0.6 is 12.2 Å². The van der Waals surface area contributed by atoms with Crippen LogP contribution in [0.4, 0.5) is 26.3 Å². The number of sulfonamides is 2. The quantitative estimate of drug-likeness (QED) is 0.286. The smallest absolute Gasteiger partial charge is 0.376 e. The number of allylic oxidation sites excluding steroid dienone is 4. The Morgan fingerprint density at radius 3 is 2.21 bits per heavy atom. The van der Waals surface area contributed by atoms with Crippen LogP contribution in [0.1, 0.15) is 38.3 Å². The molecule has 1 aliphatic heterocycles.